The van der Waals surface area contributed by atoms with Crippen LogP contribution in [0.5, 0.6) is 0 Å². The minimum absolute atomic E-state index is 0.360. The van der Waals surface area contributed by atoms with E-state index in [-0.39, 0.29) is 0 Å². The van der Waals surface area contributed by atoms with Gasteiger partial charge in [0, 0.05) is 0 Å². The fourth-order valence-electron chi connectivity index (χ4n) is 3.78. The molecule has 0 aliphatic heterocycles. The number of carbonyl (C=O) groups is 2. The summed E-state index contributed by atoms with van der Waals surface area (Å²) in [4.78, 5) is 30.5. The van der Waals surface area contributed by atoms with Crippen LogP contribution in [0.1, 0.15) is 22.3 Å². The van der Waals surface area contributed by atoms with Gasteiger partial charge in [-0.2, -0.15) is 0 Å². The molecule has 0 amide bonds. The van der Waals surface area contributed by atoms with Crippen molar-refractivity contribution in [3.05, 3.63) is 141 Å². The molecule has 0 heterocycles. The van der Waals surface area contributed by atoms with Crippen molar-refractivity contribution in [3.63, 3.8) is 0 Å². The van der Waals surface area contributed by atoms with E-state index in [4.69, 9.17) is 29.4 Å². The molecule has 0 N–H and O–H groups in total. The van der Waals surface area contributed by atoms with Crippen molar-refractivity contribution in [1.82, 2.24) is 0 Å². The molecule has 0 radical (unpaired) electrons. The van der Waals surface area contributed by atoms with Crippen LogP contribution in [-0.2, 0) is 15.7 Å². The first-order chi connectivity index (χ1) is 18.7. The van der Waals surface area contributed by atoms with Gasteiger partial charge >= 0.3 is 245 Å². The predicted octanol–water partition coefficient (Wildman–Crippen LogP) is 8.56. The molecule has 0 aliphatic carbocycles. The first-order valence-corrected chi connectivity index (χ1v) is 21.0. The summed E-state index contributed by atoms with van der Waals surface area (Å²) < 4.78 is 11.9. The van der Waals surface area contributed by atoms with E-state index >= 15 is 0 Å². The van der Waals surface area contributed by atoms with E-state index in [2.05, 4.69) is 0 Å². The maximum atomic E-state index is 13.5. The number of benzene rings is 4. The molecule has 0 unspecified atom stereocenters. The van der Waals surface area contributed by atoms with Crippen molar-refractivity contribution in [1.29, 1.82) is 0 Å². The van der Waals surface area contributed by atoms with Crippen molar-refractivity contribution >= 4 is 77.6 Å². The minimum atomic E-state index is -4.18. The Bertz CT molecular complexity index is 1380. The van der Waals surface area contributed by atoms with Gasteiger partial charge in [0.05, 0.1) is 0 Å². The van der Waals surface area contributed by atoms with E-state index < -0.39 is 31.1 Å². The standard InChI is InChI=1S/2C15H11ClO2.2CH3.Sn/c2*16-13-8-6-11(7-9-13)10-14(15(17)18)12-4-2-1-3-5-12;;;/h2*1-10H,(H,17,18);2*1H3;/q;;;;+2/p-2/b2*14-10+;;;. The topological polar surface area (TPSA) is 52.6 Å². The van der Waals surface area contributed by atoms with E-state index in [0.717, 1.165) is 11.1 Å². The molecule has 4 aromatic carbocycles. The van der Waals surface area contributed by atoms with Crippen LogP contribution in [0.15, 0.2) is 109 Å². The van der Waals surface area contributed by atoms with E-state index in [1.807, 2.05) is 84.9 Å². The molecular weight excluding hydrogens is 638 g/mol. The molecule has 0 spiro atoms. The van der Waals surface area contributed by atoms with Gasteiger partial charge in [0.1, 0.15) is 0 Å². The third kappa shape index (κ3) is 8.33. The Morgan fingerprint density at radius 2 is 0.897 bits per heavy atom. The van der Waals surface area contributed by atoms with Gasteiger partial charge in [-0.1, -0.05) is 0 Å². The number of carbonyl (C=O) groups excluding carboxylic acids is 2. The molecule has 39 heavy (non-hydrogen) atoms. The van der Waals surface area contributed by atoms with Crippen LogP contribution in [-0.4, -0.2) is 31.1 Å². The van der Waals surface area contributed by atoms with Crippen molar-refractivity contribution in [2.24, 2.45) is 0 Å². The second-order valence-electron chi connectivity index (χ2n) is 9.13. The third-order valence-corrected chi connectivity index (χ3v) is 10.0. The zero-order valence-electron chi connectivity index (χ0n) is 21.4. The second-order valence-corrected chi connectivity index (χ2v) is 19.2. The summed E-state index contributed by atoms with van der Waals surface area (Å²) in [6, 6.07) is 32.8. The molecule has 0 fully saturated rings. The van der Waals surface area contributed by atoms with Crippen molar-refractivity contribution in [2.75, 3.05) is 0 Å². The Balaban J connectivity index is 1.60. The van der Waals surface area contributed by atoms with E-state index in [0.29, 0.717) is 32.3 Å². The van der Waals surface area contributed by atoms with Crippen LogP contribution in [0.25, 0.3) is 23.3 Å². The van der Waals surface area contributed by atoms with Crippen LogP contribution in [0, 0.1) is 0 Å². The summed E-state index contributed by atoms with van der Waals surface area (Å²) in [5, 5.41) is 1.20. The molecule has 196 valence electrons. The van der Waals surface area contributed by atoms with Gasteiger partial charge in [-0.25, -0.2) is 0 Å². The average Bonchev–Trinajstić information content (AvgIpc) is 2.92. The molecule has 0 atom stereocenters. The first kappa shape index (κ1) is 28.7. The predicted molar refractivity (Wildman–Crippen MR) is 161 cm³/mol. The van der Waals surface area contributed by atoms with Crippen LogP contribution in [0.3, 0.4) is 0 Å². The average molecular weight is 664 g/mol. The molecule has 0 aromatic heterocycles. The van der Waals surface area contributed by atoms with Crippen LogP contribution in [0.4, 0.5) is 0 Å². The summed E-state index contributed by atoms with van der Waals surface area (Å²) >= 11 is 7.88. The van der Waals surface area contributed by atoms with E-state index in [9.17, 15) is 9.59 Å². The van der Waals surface area contributed by atoms with E-state index in [1.165, 1.54) is 0 Å². The van der Waals surface area contributed by atoms with Gasteiger partial charge in [-0.15, -0.1) is 0 Å². The molecule has 4 nitrogen and oxygen atoms in total. The van der Waals surface area contributed by atoms with Gasteiger partial charge in [0.2, 0.25) is 0 Å². The SMILES string of the molecule is [CH3][Sn]([CH3])([O]C(=O)/C(=C/c1ccc(Cl)cc1)c1ccccc1)[O]C(=O)/C(=C/c1ccc(Cl)cc1)c1ccccc1. The Labute approximate surface area is 243 Å². The summed E-state index contributed by atoms with van der Waals surface area (Å²) in [6.45, 7) is 0. The van der Waals surface area contributed by atoms with Gasteiger partial charge in [0.15, 0.2) is 0 Å². The number of hydrogen-bond donors (Lipinski definition) is 0. The summed E-state index contributed by atoms with van der Waals surface area (Å²) in [7, 11) is 0. The Morgan fingerprint density at radius 1 is 0.564 bits per heavy atom. The molecule has 0 aliphatic rings. The zero-order valence-corrected chi connectivity index (χ0v) is 25.8. The third-order valence-electron chi connectivity index (χ3n) is 5.65. The fourth-order valence-corrected chi connectivity index (χ4v) is 7.33. The summed E-state index contributed by atoms with van der Waals surface area (Å²) in [6.07, 6.45) is 3.49. The molecule has 7 heteroatoms. The number of hydrogen-bond acceptors (Lipinski definition) is 4. The number of rotatable bonds is 8. The normalized spacial score (nSPS) is 12.1. The number of halogens is 2. The Kier molecular flexibility index (Phi) is 9.68. The monoisotopic (exact) mass is 664 g/mol. The van der Waals surface area contributed by atoms with Crippen LogP contribution in [0.2, 0.25) is 19.9 Å². The quantitative estimate of drug-likeness (QED) is 0.108. The first-order valence-electron chi connectivity index (χ1n) is 12.2. The second kappa shape index (κ2) is 13.2. The van der Waals surface area contributed by atoms with Gasteiger partial charge in [-0.05, 0) is 0 Å². The molecular formula is C32H26Cl2O4Sn. The fraction of sp³-hybridized carbons (Fsp3) is 0.0625. The molecule has 4 aromatic rings. The van der Waals surface area contributed by atoms with Gasteiger partial charge in [-0.3, -0.25) is 0 Å². The Hall–Kier alpha value is -3.32. The van der Waals surface area contributed by atoms with E-state index in [1.54, 1.807) is 46.3 Å². The molecule has 0 saturated heterocycles. The summed E-state index contributed by atoms with van der Waals surface area (Å²) in [5.41, 5.74) is 3.68. The maximum absolute atomic E-state index is 13.5. The van der Waals surface area contributed by atoms with Crippen LogP contribution >= 0.6 is 23.2 Å². The van der Waals surface area contributed by atoms with Crippen molar-refractivity contribution in [3.8, 4) is 0 Å². The summed E-state index contributed by atoms with van der Waals surface area (Å²) in [5.74, 6) is -1.10. The van der Waals surface area contributed by atoms with Crippen molar-refractivity contribution in [2.45, 2.75) is 9.88 Å². The van der Waals surface area contributed by atoms with Crippen molar-refractivity contribution < 1.29 is 15.7 Å². The molecule has 4 rings (SSSR count). The Morgan fingerprint density at radius 3 is 1.23 bits per heavy atom. The molecule has 0 saturated carbocycles. The zero-order chi connectivity index (χ0) is 27.8. The van der Waals surface area contributed by atoms with Gasteiger partial charge < -0.3 is 0 Å². The molecule has 0 bridgehead atoms. The van der Waals surface area contributed by atoms with Gasteiger partial charge in [0.25, 0.3) is 0 Å². The van der Waals surface area contributed by atoms with Crippen LogP contribution < -0.4 is 0 Å².